The Labute approximate surface area is 87.5 Å². The van der Waals surface area contributed by atoms with Gasteiger partial charge in [0.2, 0.25) is 0 Å². The number of rotatable bonds is 3. The van der Waals surface area contributed by atoms with Crippen LogP contribution >= 0.6 is 12.4 Å². The summed E-state index contributed by atoms with van der Waals surface area (Å²) in [6, 6.07) is 3.35. The van der Waals surface area contributed by atoms with E-state index in [1.807, 2.05) is 0 Å². The maximum absolute atomic E-state index is 12.9. The molecule has 0 amide bonds. The molecular weight excluding hydrogens is 212 g/mol. The molecule has 1 rings (SSSR count). The minimum Gasteiger partial charge on any atom is -0.494 e. The molecule has 0 aliphatic heterocycles. The number of methoxy groups -OCH3 is 1. The van der Waals surface area contributed by atoms with Gasteiger partial charge in [-0.15, -0.1) is 12.4 Å². The normalized spacial score (nSPS) is 11.7. The number of nitrogens with two attached hydrogens (primary N) is 1. The van der Waals surface area contributed by atoms with Crippen LogP contribution in [0.3, 0.4) is 0 Å². The molecule has 2 N–H and O–H groups in total. The second-order valence-electron chi connectivity index (χ2n) is 2.65. The van der Waals surface area contributed by atoms with Crippen molar-refractivity contribution < 1.29 is 13.5 Å². The molecule has 0 fully saturated rings. The van der Waals surface area contributed by atoms with Crippen LogP contribution < -0.4 is 10.5 Å². The van der Waals surface area contributed by atoms with E-state index in [1.54, 1.807) is 0 Å². The van der Waals surface area contributed by atoms with Crippen LogP contribution in [0.4, 0.5) is 8.78 Å². The van der Waals surface area contributed by atoms with E-state index in [9.17, 15) is 8.78 Å². The van der Waals surface area contributed by atoms with Gasteiger partial charge in [0.15, 0.2) is 11.6 Å². The van der Waals surface area contributed by atoms with Crippen LogP contribution in [0.1, 0.15) is 11.6 Å². The standard InChI is InChI=1S/C9H11F2NO.ClH/c1-13-9-4-6(8(12)5-10)2-3-7(9)11;/h2-4,8H,5,12H2,1H3;1H/t8-;/m0./s1. The maximum atomic E-state index is 12.9. The lowest BCUT2D eigenvalue weighted by Crippen LogP contribution is -2.12. The maximum Gasteiger partial charge on any atom is 0.165 e. The van der Waals surface area contributed by atoms with E-state index >= 15 is 0 Å². The topological polar surface area (TPSA) is 35.2 Å². The van der Waals surface area contributed by atoms with E-state index in [-0.39, 0.29) is 18.2 Å². The monoisotopic (exact) mass is 223 g/mol. The number of benzene rings is 1. The van der Waals surface area contributed by atoms with Gasteiger partial charge in [-0.3, -0.25) is 0 Å². The lowest BCUT2D eigenvalue weighted by molar-refractivity contribution is 0.383. The van der Waals surface area contributed by atoms with Gasteiger partial charge < -0.3 is 10.5 Å². The molecule has 0 aliphatic rings. The number of halogens is 3. The summed E-state index contributed by atoms with van der Waals surface area (Å²) < 4.78 is 29.8. The fourth-order valence-corrected chi connectivity index (χ4v) is 0.996. The average Bonchev–Trinajstić information content (AvgIpc) is 2.17. The van der Waals surface area contributed by atoms with Gasteiger partial charge in [0.1, 0.15) is 6.67 Å². The van der Waals surface area contributed by atoms with E-state index in [4.69, 9.17) is 10.5 Å². The molecule has 1 atom stereocenters. The third kappa shape index (κ3) is 2.82. The van der Waals surface area contributed by atoms with Gasteiger partial charge in [-0.1, -0.05) is 6.07 Å². The first-order valence-corrected chi connectivity index (χ1v) is 3.84. The summed E-state index contributed by atoms with van der Waals surface area (Å²) in [6.07, 6.45) is 0. The molecule has 0 saturated heterocycles. The van der Waals surface area contributed by atoms with Gasteiger partial charge in [0.25, 0.3) is 0 Å². The van der Waals surface area contributed by atoms with Crippen molar-refractivity contribution in [1.29, 1.82) is 0 Å². The summed E-state index contributed by atoms with van der Waals surface area (Å²) in [5.74, 6) is -0.390. The van der Waals surface area contributed by atoms with Crippen molar-refractivity contribution in [2.45, 2.75) is 6.04 Å². The number of hydrogen-bond donors (Lipinski definition) is 1. The van der Waals surface area contributed by atoms with E-state index in [0.29, 0.717) is 5.56 Å². The lowest BCUT2D eigenvalue weighted by atomic mass is 10.1. The predicted octanol–water partition coefficient (Wildman–Crippen LogP) is 2.23. The van der Waals surface area contributed by atoms with Crippen LogP contribution in [0.15, 0.2) is 18.2 Å². The molecule has 0 heterocycles. The number of hydrogen-bond acceptors (Lipinski definition) is 2. The highest BCUT2D eigenvalue weighted by atomic mass is 35.5. The highest BCUT2D eigenvalue weighted by molar-refractivity contribution is 5.85. The molecule has 0 bridgehead atoms. The van der Waals surface area contributed by atoms with Gasteiger partial charge in [0, 0.05) is 0 Å². The number of ether oxygens (including phenoxy) is 1. The quantitative estimate of drug-likeness (QED) is 0.853. The summed E-state index contributed by atoms with van der Waals surface area (Å²) >= 11 is 0. The van der Waals surface area contributed by atoms with E-state index in [0.717, 1.165) is 0 Å². The van der Waals surface area contributed by atoms with Crippen molar-refractivity contribution in [2.75, 3.05) is 13.8 Å². The Hall–Kier alpha value is -0.870. The molecule has 0 unspecified atom stereocenters. The summed E-state index contributed by atoms with van der Waals surface area (Å²) in [4.78, 5) is 0. The Balaban J connectivity index is 0.00000169. The summed E-state index contributed by atoms with van der Waals surface area (Å²) in [5.41, 5.74) is 5.94. The molecule has 2 nitrogen and oxygen atoms in total. The van der Waals surface area contributed by atoms with Gasteiger partial charge in [-0.2, -0.15) is 0 Å². The lowest BCUT2D eigenvalue weighted by Gasteiger charge is -2.09. The molecule has 80 valence electrons. The highest BCUT2D eigenvalue weighted by Crippen LogP contribution is 2.21. The Bertz CT molecular complexity index is 296. The second kappa shape index (κ2) is 5.78. The molecule has 0 radical (unpaired) electrons. The van der Waals surface area contributed by atoms with Gasteiger partial charge in [-0.05, 0) is 17.7 Å². The average molecular weight is 224 g/mol. The zero-order chi connectivity index (χ0) is 9.84. The Morgan fingerprint density at radius 1 is 1.50 bits per heavy atom. The Morgan fingerprint density at radius 2 is 2.14 bits per heavy atom. The zero-order valence-corrected chi connectivity index (χ0v) is 8.48. The van der Waals surface area contributed by atoms with Crippen LogP contribution in [0.25, 0.3) is 0 Å². The van der Waals surface area contributed by atoms with Crippen molar-refractivity contribution in [1.82, 2.24) is 0 Å². The van der Waals surface area contributed by atoms with E-state index < -0.39 is 18.5 Å². The molecule has 14 heavy (non-hydrogen) atoms. The molecule has 5 heteroatoms. The molecule has 1 aromatic carbocycles. The fraction of sp³-hybridized carbons (Fsp3) is 0.333. The second-order valence-corrected chi connectivity index (χ2v) is 2.65. The van der Waals surface area contributed by atoms with Crippen molar-refractivity contribution in [3.05, 3.63) is 29.6 Å². The van der Waals surface area contributed by atoms with Gasteiger partial charge in [0.05, 0.1) is 13.2 Å². The first kappa shape index (κ1) is 13.1. The van der Waals surface area contributed by atoms with Crippen LogP contribution in [0.5, 0.6) is 5.75 Å². The molecule has 0 saturated carbocycles. The summed E-state index contributed by atoms with van der Waals surface area (Å²) in [6.45, 7) is -0.672. The predicted molar refractivity (Wildman–Crippen MR) is 53.1 cm³/mol. The minimum atomic E-state index is -0.713. The summed E-state index contributed by atoms with van der Waals surface area (Å²) in [7, 11) is 1.35. The third-order valence-electron chi connectivity index (χ3n) is 1.77. The first-order chi connectivity index (χ1) is 6.19. The molecule has 1 aromatic rings. The van der Waals surface area contributed by atoms with Crippen LogP contribution in [0.2, 0.25) is 0 Å². The van der Waals surface area contributed by atoms with Crippen LogP contribution in [-0.4, -0.2) is 13.8 Å². The van der Waals surface area contributed by atoms with E-state index in [1.165, 1.54) is 25.3 Å². The summed E-state index contributed by atoms with van der Waals surface area (Å²) in [5, 5.41) is 0. The van der Waals surface area contributed by atoms with Crippen molar-refractivity contribution in [3.8, 4) is 5.75 Å². The van der Waals surface area contributed by atoms with Gasteiger partial charge >= 0.3 is 0 Å². The molecule has 0 aromatic heterocycles. The Morgan fingerprint density at radius 3 is 2.64 bits per heavy atom. The molecule has 0 spiro atoms. The highest BCUT2D eigenvalue weighted by Gasteiger charge is 2.09. The molecule has 0 aliphatic carbocycles. The van der Waals surface area contributed by atoms with Crippen molar-refractivity contribution in [2.24, 2.45) is 5.73 Å². The fourth-order valence-electron chi connectivity index (χ4n) is 0.996. The third-order valence-corrected chi connectivity index (χ3v) is 1.77. The van der Waals surface area contributed by atoms with Crippen LogP contribution in [0, 0.1) is 5.82 Å². The number of alkyl halides is 1. The van der Waals surface area contributed by atoms with E-state index in [2.05, 4.69) is 0 Å². The first-order valence-electron chi connectivity index (χ1n) is 3.84. The zero-order valence-electron chi connectivity index (χ0n) is 7.67. The van der Waals surface area contributed by atoms with Gasteiger partial charge in [-0.25, -0.2) is 8.78 Å². The SMILES string of the molecule is COc1cc([C@@H](N)CF)ccc1F.Cl. The smallest absolute Gasteiger partial charge is 0.165 e. The molecular formula is C9H12ClF2NO. The largest absolute Gasteiger partial charge is 0.494 e. The van der Waals surface area contributed by atoms with Crippen molar-refractivity contribution in [3.63, 3.8) is 0 Å². The Kier molecular flexibility index (Phi) is 5.42. The van der Waals surface area contributed by atoms with Crippen molar-refractivity contribution >= 4 is 12.4 Å². The van der Waals surface area contributed by atoms with Crippen LogP contribution in [-0.2, 0) is 0 Å². The minimum absolute atomic E-state index is 0.